The van der Waals surface area contributed by atoms with Crippen LogP contribution in [0.4, 0.5) is 5.69 Å². The SMILES string of the molecule is Cc1nn(C2CCS(=O)(=O)C2)c2nc(C3CC3)cc(C(=O)Nc3ccc(Cl)c(Cl)c3)c12. The molecule has 2 fully saturated rings. The number of carbonyl (C=O) groups excluding carboxylic acids is 1. The van der Waals surface area contributed by atoms with E-state index >= 15 is 0 Å². The summed E-state index contributed by atoms with van der Waals surface area (Å²) in [6, 6.07) is 6.47. The van der Waals surface area contributed by atoms with Crippen LogP contribution in [0.5, 0.6) is 0 Å². The van der Waals surface area contributed by atoms with E-state index in [0.29, 0.717) is 50.4 Å². The van der Waals surface area contributed by atoms with Crippen molar-refractivity contribution in [3.63, 3.8) is 0 Å². The maximum absolute atomic E-state index is 13.3. The molecule has 1 N–H and O–H groups in total. The Balaban J connectivity index is 1.60. The lowest BCUT2D eigenvalue weighted by Gasteiger charge is -2.12. The van der Waals surface area contributed by atoms with Gasteiger partial charge in [0.25, 0.3) is 5.91 Å². The van der Waals surface area contributed by atoms with E-state index < -0.39 is 9.84 Å². The Morgan fingerprint density at radius 1 is 1.16 bits per heavy atom. The number of anilines is 1. The number of nitrogens with zero attached hydrogens (tertiary/aromatic N) is 3. The molecule has 7 nitrogen and oxygen atoms in total. The van der Waals surface area contributed by atoms with Gasteiger partial charge in [0, 0.05) is 17.3 Å². The predicted octanol–water partition coefficient (Wildman–Crippen LogP) is 4.54. The molecule has 1 atom stereocenters. The Labute approximate surface area is 189 Å². The highest BCUT2D eigenvalue weighted by molar-refractivity contribution is 7.91. The summed E-state index contributed by atoms with van der Waals surface area (Å²) in [7, 11) is -3.08. The Morgan fingerprint density at radius 2 is 1.94 bits per heavy atom. The minimum atomic E-state index is -3.08. The van der Waals surface area contributed by atoms with Crippen LogP contribution < -0.4 is 5.32 Å². The van der Waals surface area contributed by atoms with Gasteiger partial charge < -0.3 is 5.32 Å². The number of fused-ring (bicyclic) bond motifs is 1. The van der Waals surface area contributed by atoms with Gasteiger partial charge in [-0.3, -0.25) is 4.79 Å². The topological polar surface area (TPSA) is 93.9 Å². The zero-order valence-corrected chi connectivity index (χ0v) is 19.1. The quantitative estimate of drug-likeness (QED) is 0.593. The first-order valence-corrected chi connectivity index (χ1v) is 12.7. The van der Waals surface area contributed by atoms with Crippen molar-refractivity contribution in [2.45, 2.75) is 38.1 Å². The summed E-state index contributed by atoms with van der Waals surface area (Å²) in [5.74, 6) is 0.209. The molecule has 31 heavy (non-hydrogen) atoms. The Hall–Kier alpha value is -2.16. The number of sulfone groups is 1. The molecule has 0 spiro atoms. The molecular weight excluding hydrogens is 459 g/mol. The van der Waals surface area contributed by atoms with Crippen LogP contribution in [0.2, 0.25) is 10.0 Å². The van der Waals surface area contributed by atoms with Gasteiger partial charge in [0.2, 0.25) is 0 Å². The maximum Gasteiger partial charge on any atom is 0.256 e. The number of nitrogens with one attached hydrogen (secondary N) is 1. The van der Waals surface area contributed by atoms with Crippen LogP contribution in [-0.4, -0.2) is 40.6 Å². The van der Waals surface area contributed by atoms with Crippen molar-refractivity contribution in [2.24, 2.45) is 0 Å². The highest BCUT2D eigenvalue weighted by atomic mass is 35.5. The van der Waals surface area contributed by atoms with Crippen molar-refractivity contribution in [1.29, 1.82) is 0 Å². The number of hydrogen-bond donors (Lipinski definition) is 1. The van der Waals surface area contributed by atoms with E-state index in [1.807, 2.05) is 13.0 Å². The highest BCUT2D eigenvalue weighted by Gasteiger charge is 2.34. The maximum atomic E-state index is 13.3. The number of aryl methyl sites for hydroxylation is 1. The van der Waals surface area contributed by atoms with Crippen molar-refractivity contribution in [3.05, 3.63) is 51.3 Å². The zero-order chi connectivity index (χ0) is 21.9. The van der Waals surface area contributed by atoms with Crippen LogP contribution >= 0.6 is 23.2 Å². The minimum Gasteiger partial charge on any atom is -0.322 e. The molecular formula is C21H20Cl2N4O3S. The van der Waals surface area contributed by atoms with Gasteiger partial charge in [0.15, 0.2) is 15.5 Å². The second-order valence-corrected chi connectivity index (χ2v) is 11.3. The largest absolute Gasteiger partial charge is 0.322 e. The van der Waals surface area contributed by atoms with Gasteiger partial charge in [-0.2, -0.15) is 5.10 Å². The van der Waals surface area contributed by atoms with E-state index in [1.165, 1.54) is 0 Å². The molecule has 1 unspecified atom stereocenters. The van der Waals surface area contributed by atoms with Crippen LogP contribution in [0.25, 0.3) is 11.0 Å². The standard InChI is InChI=1S/C21H20Cl2N4O3S/c1-11-19-15(21(28)24-13-4-5-16(22)17(23)8-13)9-18(12-2-3-12)25-20(19)27(26-11)14-6-7-31(29,30)10-14/h4-5,8-9,12,14H,2-3,6-7,10H2,1H3,(H,24,28). The molecule has 162 valence electrons. The van der Waals surface area contributed by atoms with Crippen LogP contribution in [0.15, 0.2) is 24.3 Å². The van der Waals surface area contributed by atoms with Gasteiger partial charge in [0.1, 0.15) is 0 Å². The van der Waals surface area contributed by atoms with Gasteiger partial charge in [-0.05, 0) is 50.5 Å². The van der Waals surface area contributed by atoms with Gasteiger partial charge in [-0.25, -0.2) is 18.1 Å². The van der Waals surface area contributed by atoms with Crippen molar-refractivity contribution < 1.29 is 13.2 Å². The monoisotopic (exact) mass is 478 g/mol. The number of carbonyl (C=O) groups is 1. The fraction of sp³-hybridized carbons (Fsp3) is 0.381. The first kappa shape index (κ1) is 20.7. The molecule has 1 saturated heterocycles. The van der Waals surface area contributed by atoms with Gasteiger partial charge in [-0.1, -0.05) is 23.2 Å². The summed E-state index contributed by atoms with van der Waals surface area (Å²) in [5, 5.41) is 8.89. The molecule has 1 aromatic carbocycles. The summed E-state index contributed by atoms with van der Waals surface area (Å²) >= 11 is 12.1. The number of hydrogen-bond acceptors (Lipinski definition) is 5. The average Bonchev–Trinajstić information content (AvgIpc) is 3.43. The van der Waals surface area contributed by atoms with E-state index in [1.54, 1.807) is 22.9 Å². The summed E-state index contributed by atoms with van der Waals surface area (Å²) in [6.45, 7) is 1.82. The van der Waals surface area contributed by atoms with Crippen LogP contribution in [0.1, 0.15) is 53.0 Å². The van der Waals surface area contributed by atoms with E-state index in [-0.39, 0.29) is 23.5 Å². The van der Waals surface area contributed by atoms with E-state index in [9.17, 15) is 13.2 Å². The smallest absolute Gasteiger partial charge is 0.256 e. The summed E-state index contributed by atoms with van der Waals surface area (Å²) < 4.78 is 25.8. The molecule has 1 amide bonds. The lowest BCUT2D eigenvalue weighted by molar-refractivity contribution is 0.102. The van der Waals surface area contributed by atoms with Crippen LogP contribution in [0.3, 0.4) is 0 Å². The molecule has 0 radical (unpaired) electrons. The predicted molar refractivity (Wildman–Crippen MR) is 121 cm³/mol. The Morgan fingerprint density at radius 3 is 2.58 bits per heavy atom. The van der Waals surface area contributed by atoms with Crippen LogP contribution in [0, 0.1) is 6.92 Å². The fourth-order valence-corrected chi connectivity index (χ4v) is 6.08. The molecule has 0 bridgehead atoms. The molecule has 1 aliphatic heterocycles. The second-order valence-electron chi connectivity index (χ2n) is 8.24. The fourth-order valence-electron chi connectivity index (χ4n) is 4.09. The minimum absolute atomic E-state index is 0.0450. The highest BCUT2D eigenvalue weighted by Crippen LogP contribution is 2.41. The summed E-state index contributed by atoms with van der Waals surface area (Å²) in [4.78, 5) is 18.1. The first-order chi connectivity index (χ1) is 14.7. The molecule has 2 aromatic heterocycles. The molecule has 1 aliphatic carbocycles. The van der Waals surface area contributed by atoms with Crippen molar-refractivity contribution in [2.75, 3.05) is 16.8 Å². The molecule has 1 saturated carbocycles. The van der Waals surface area contributed by atoms with Gasteiger partial charge >= 0.3 is 0 Å². The van der Waals surface area contributed by atoms with Crippen molar-refractivity contribution >= 4 is 55.7 Å². The van der Waals surface area contributed by atoms with E-state index in [4.69, 9.17) is 28.2 Å². The number of halogens is 2. The number of rotatable bonds is 4. The van der Waals surface area contributed by atoms with E-state index in [2.05, 4.69) is 10.4 Å². The first-order valence-electron chi connectivity index (χ1n) is 10.1. The van der Waals surface area contributed by atoms with Crippen molar-refractivity contribution in [3.8, 4) is 0 Å². The Kier molecular flexibility index (Phi) is 4.99. The van der Waals surface area contributed by atoms with Crippen molar-refractivity contribution in [1.82, 2.24) is 14.8 Å². The lowest BCUT2D eigenvalue weighted by Crippen LogP contribution is -2.15. The zero-order valence-electron chi connectivity index (χ0n) is 16.7. The molecule has 3 heterocycles. The van der Waals surface area contributed by atoms with E-state index in [0.717, 1.165) is 18.5 Å². The molecule has 10 heteroatoms. The number of benzene rings is 1. The normalized spacial score (nSPS) is 20.3. The number of amides is 1. The summed E-state index contributed by atoms with van der Waals surface area (Å²) in [6.07, 6.45) is 2.55. The van der Waals surface area contributed by atoms with Gasteiger partial charge in [-0.15, -0.1) is 0 Å². The lowest BCUT2D eigenvalue weighted by atomic mass is 10.1. The molecule has 3 aromatic rings. The summed E-state index contributed by atoms with van der Waals surface area (Å²) in [5.41, 5.74) is 3.07. The third kappa shape index (κ3) is 3.92. The average molecular weight is 479 g/mol. The Bertz CT molecular complexity index is 1330. The van der Waals surface area contributed by atoms with Gasteiger partial charge in [0.05, 0.1) is 44.2 Å². The molecule has 2 aliphatic rings. The third-order valence-corrected chi connectivity index (χ3v) is 8.32. The van der Waals surface area contributed by atoms with Crippen LogP contribution in [-0.2, 0) is 9.84 Å². The number of pyridine rings is 1. The number of aromatic nitrogens is 3. The molecule has 5 rings (SSSR count). The third-order valence-electron chi connectivity index (χ3n) is 5.83. The second kappa shape index (κ2) is 7.46.